The summed E-state index contributed by atoms with van der Waals surface area (Å²) in [6, 6.07) is 0. The molecule has 0 bridgehead atoms. The van der Waals surface area contributed by atoms with Crippen molar-refractivity contribution in [2.45, 2.75) is 37.7 Å². The molecule has 1 aliphatic carbocycles. The summed E-state index contributed by atoms with van der Waals surface area (Å²) in [6.45, 7) is 5.98. The first-order chi connectivity index (χ1) is 7.18. The summed E-state index contributed by atoms with van der Waals surface area (Å²) in [5.41, 5.74) is -0.271. The van der Waals surface area contributed by atoms with Crippen LogP contribution in [-0.4, -0.2) is 60.3 Å². The molecule has 0 aromatic rings. The van der Waals surface area contributed by atoms with Gasteiger partial charge in [-0.1, -0.05) is 0 Å². The Kier molecular flexibility index (Phi) is 3.65. The van der Waals surface area contributed by atoms with Gasteiger partial charge in [0.15, 0.2) is 0 Å². The zero-order chi connectivity index (χ0) is 10.7. The third-order valence-electron chi connectivity index (χ3n) is 4.00. The normalized spacial score (nSPS) is 27.6. The summed E-state index contributed by atoms with van der Waals surface area (Å²) >= 11 is 0. The van der Waals surface area contributed by atoms with Crippen LogP contribution in [0.4, 0.5) is 0 Å². The quantitative estimate of drug-likeness (QED) is 0.751. The molecule has 1 heterocycles. The summed E-state index contributed by atoms with van der Waals surface area (Å²) in [5, 5.41) is 9.95. The molecule has 88 valence electrons. The average Bonchev–Trinajstić information content (AvgIpc) is 2.19. The minimum Gasteiger partial charge on any atom is -0.390 e. The monoisotopic (exact) mass is 212 g/mol. The van der Waals surface area contributed by atoms with Gasteiger partial charge in [0.05, 0.1) is 5.60 Å². The molecular weight excluding hydrogens is 188 g/mol. The molecule has 1 N–H and O–H groups in total. The summed E-state index contributed by atoms with van der Waals surface area (Å²) in [4.78, 5) is 4.91. The molecule has 1 saturated heterocycles. The van der Waals surface area contributed by atoms with Gasteiger partial charge in [0.1, 0.15) is 0 Å². The van der Waals surface area contributed by atoms with Crippen molar-refractivity contribution in [2.75, 3.05) is 39.8 Å². The maximum Gasteiger partial charge on any atom is 0.0648 e. The molecule has 0 amide bonds. The van der Waals surface area contributed by atoms with Crippen molar-refractivity contribution >= 4 is 0 Å². The van der Waals surface area contributed by atoms with Crippen LogP contribution in [0.3, 0.4) is 0 Å². The molecule has 0 spiro atoms. The maximum atomic E-state index is 9.95. The molecule has 0 atom stereocenters. The largest absolute Gasteiger partial charge is 0.390 e. The van der Waals surface area contributed by atoms with E-state index in [2.05, 4.69) is 16.8 Å². The fourth-order valence-electron chi connectivity index (χ4n) is 2.54. The van der Waals surface area contributed by atoms with Gasteiger partial charge in [-0.05, 0) is 45.7 Å². The smallest absolute Gasteiger partial charge is 0.0648 e. The lowest BCUT2D eigenvalue weighted by Crippen LogP contribution is -2.45. The van der Waals surface area contributed by atoms with Crippen LogP contribution < -0.4 is 0 Å². The Morgan fingerprint density at radius 2 is 1.80 bits per heavy atom. The second-order valence-electron chi connectivity index (χ2n) is 5.33. The van der Waals surface area contributed by atoms with E-state index >= 15 is 0 Å². The average molecular weight is 212 g/mol. The second-order valence-corrected chi connectivity index (χ2v) is 5.33. The topological polar surface area (TPSA) is 26.7 Å². The van der Waals surface area contributed by atoms with E-state index in [1.54, 1.807) is 0 Å². The van der Waals surface area contributed by atoms with Gasteiger partial charge in [-0.25, -0.2) is 0 Å². The van der Waals surface area contributed by atoms with E-state index in [1.165, 1.54) is 45.6 Å². The van der Waals surface area contributed by atoms with E-state index in [0.717, 1.165) is 19.3 Å². The first-order valence-corrected chi connectivity index (χ1v) is 6.31. The van der Waals surface area contributed by atoms with Gasteiger partial charge in [0.25, 0.3) is 0 Å². The highest BCUT2D eigenvalue weighted by atomic mass is 16.3. The molecule has 1 saturated carbocycles. The Bertz CT molecular complexity index is 196. The Morgan fingerprint density at radius 1 is 1.13 bits per heavy atom. The van der Waals surface area contributed by atoms with Crippen molar-refractivity contribution in [3.63, 3.8) is 0 Å². The SMILES string of the molecule is CN1CCN(CCCC2(O)CCC2)CC1. The molecule has 0 unspecified atom stereocenters. The molecule has 15 heavy (non-hydrogen) atoms. The van der Waals surface area contributed by atoms with Crippen LogP contribution in [0.5, 0.6) is 0 Å². The van der Waals surface area contributed by atoms with Crippen LogP contribution >= 0.6 is 0 Å². The van der Waals surface area contributed by atoms with Crippen LogP contribution in [0, 0.1) is 0 Å². The van der Waals surface area contributed by atoms with Crippen molar-refractivity contribution in [1.29, 1.82) is 0 Å². The molecule has 2 fully saturated rings. The van der Waals surface area contributed by atoms with E-state index in [4.69, 9.17) is 0 Å². The first kappa shape index (κ1) is 11.4. The number of nitrogens with zero attached hydrogens (tertiary/aromatic N) is 2. The van der Waals surface area contributed by atoms with E-state index < -0.39 is 0 Å². The molecule has 3 heteroatoms. The Balaban J connectivity index is 1.57. The molecular formula is C12H24N2O. The highest BCUT2D eigenvalue weighted by Crippen LogP contribution is 2.35. The van der Waals surface area contributed by atoms with Gasteiger partial charge in [-0.3, -0.25) is 0 Å². The predicted molar refractivity (Wildman–Crippen MR) is 62.0 cm³/mol. The number of likely N-dealkylation sites (N-methyl/N-ethyl adjacent to an activating group) is 1. The number of aliphatic hydroxyl groups is 1. The van der Waals surface area contributed by atoms with E-state index in [-0.39, 0.29) is 5.60 Å². The third kappa shape index (κ3) is 3.16. The molecule has 1 aliphatic heterocycles. The maximum absolute atomic E-state index is 9.95. The van der Waals surface area contributed by atoms with Gasteiger partial charge < -0.3 is 14.9 Å². The Labute approximate surface area is 93.1 Å². The van der Waals surface area contributed by atoms with E-state index in [9.17, 15) is 5.11 Å². The Morgan fingerprint density at radius 3 is 2.33 bits per heavy atom. The first-order valence-electron chi connectivity index (χ1n) is 6.31. The minimum absolute atomic E-state index is 0.271. The molecule has 0 aromatic heterocycles. The zero-order valence-electron chi connectivity index (χ0n) is 9.91. The summed E-state index contributed by atoms with van der Waals surface area (Å²) in [5.74, 6) is 0. The van der Waals surface area contributed by atoms with Crippen molar-refractivity contribution in [3.8, 4) is 0 Å². The number of piperazine rings is 1. The van der Waals surface area contributed by atoms with Crippen molar-refractivity contribution < 1.29 is 5.11 Å². The molecule has 2 aliphatic rings. The lowest BCUT2D eigenvalue weighted by atomic mass is 9.77. The van der Waals surface area contributed by atoms with Gasteiger partial charge in [0.2, 0.25) is 0 Å². The standard InChI is InChI=1S/C12H24N2O/c1-13-8-10-14(11-9-13)7-3-6-12(15)4-2-5-12/h15H,2-11H2,1H3. The lowest BCUT2D eigenvalue weighted by Gasteiger charge is -2.38. The van der Waals surface area contributed by atoms with Crippen molar-refractivity contribution in [2.24, 2.45) is 0 Å². The van der Waals surface area contributed by atoms with E-state index in [1.807, 2.05) is 0 Å². The lowest BCUT2D eigenvalue weighted by molar-refractivity contribution is -0.0435. The molecule has 2 rings (SSSR count). The van der Waals surface area contributed by atoms with Gasteiger partial charge in [-0.15, -0.1) is 0 Å². The van der Waals surface area contributed by atoms with E-state index in [0.29, 0.717) is 0 Å². The van der Waals surface area contributed by atoms with Gasteiger partial charge >= 0.3 is 0 Å². The van der Waals surface area contributed by atoms with Crippen molar-refractivity contribution in [1.82, 2.24) is 9.80 Å². The fourth-order valence-corrected chi connectivity index (χ4v) is 2.54. The second kappa shape index (κ2) is 4.81. The highest BCUT2D eigenvalue weighted by Gasteiger charge is 2.33. The molecule has 0 radical (unpaired) electrons. The zero-order valence-corrected chi connectivity index (χ0v) is 9.91. The summed E-state index contributed by atoms with van der Waals surface area (Å²) in [6.07, 6.45) is 5.48. The highest BCUT2D eigenvalue weighted by molar-refractivity contribution is 4.87. The van der Waals surface area contributed by atoms with Gasteiger partial charge in [-0.2, -0.15) is 0 Å². The van der Waals surface area contributed by atoms with Crippen LogP contribution in [0.25, 0.3) is 0 Å². The van der Waals surface area contributed by atoms with Crippen LogP contribution in [0.15, 0.2) is 0 Å². The minimum atomic E-state index is -0.271. The Hall–Kier alpha value is -0.120. The number of hydrogen-bond acceptors (Lipinski definition) is 3. The van der Waals surface area contributed by atoms with Gasteiger partial charge in [0, 0.05) is 26.2 Å². The van der Waals surface area contributed by atoms with Crippen molar-refractivity contribution in [3.05, 3.63) is 0 Å². The van der Waals surface area contributed by atoms with Crippen LogP contribution in [-0.2, 0) is 0 Å². The third-order valence-corrected chi connectivity index (χ3v) is 4.00. The molecule has 3 nitrogen and oxygen atoms in total. The molecule has 0 aromatic carbocycles. The summed E-state index contributed by atoms with van der Waals surface area (Å²) in [7, 11) is 2.19. The summed E-state index contributed by atoms with van der Waals surface area (Å²) < 4.78 is 0. The predicted octanol–water partition coefficient (Wildman–Crippen LogP) is 0.929. The van der Waals surface area contributed by atoms with Crippen LogP contribution in [0.1, 0.15) is 32.1 Å². The fraction of sp³-hybridized carbons (Fsp3) is 1.00. The van der Waals surface area contributed by atoms with Crippen LogP contribution in [0.2, 0.25) is 0 Å². The number of rotatable bonds is 4. The number of hydrogen-bond donors (Lipinski definition) is 1.